The van der Waals surface area contributed by atoms with Gasteiger partial charge in [-0.25, -0.2) is 15.0 Å². The molecule has 0 spiro atoms. The summed E-state index contributed by atoms with van der Waals surface area (Å²) in [5.41, 5.74) is 14.2. The maximum absolute atomic E-state index is 5.31. The zero-order chi connectivity index (χ0) is 50.3. The summed E-state index contributed by atoms with van der Waals surface area (Å²) in [6.07, 6.45) is 3.62. The molecule has 8 nitrogen and oxygen atoms in total. The van der Waals surface area contributed by atoms with Crippen molar-refractivity contribution in [3.8, 4) is 45.7 Å². The monoisotopic (exact) mass is 1000 g/mol. The standard InChI is InChI=1S/C68H40N8S/c1-2-17-44(18-3-1)74-58-26-11-6-21-48(58)51-31-32-52-49-22-7-13-28-60(49)76(64(52)63(51)74)68-71-40-70-66(72-68)43-16-14-15-41(37-43)42-29-33-61-54(38-42)50-23-8-12-27-59(50)75(61)67-65-53(35-36-69-67)55-39-45(30-34-62(55)77-65)73-56-24-9-4-19-46(56)47-20-5-10-25-57(47)73/h1-40H. The summed E-state index contributed by atoms with van der Waals surface area (Å²) in [7, 11) is 0. The van der Waals surface area contributed by atoms with Crippen LogP contribution in [0.1, 0.15) is 0 Å². The Kier molecular flexibility index (Phi) is 8.84. The van der Waals surface area contributed by atoms with Gasteiger partial charge in [0, 0.05) is 81.7 Å². The van der Waals surface area contributed by atoms with E-state index in [1.54, 1.807) is 17.7 Å². The third-order valence-corrected chi connectivity index (χ3v) is 17.0. The van der Waals surface area contributed by atoms with Crippen LogP contribution in [0.4, 0.5) is 0 Å². The minimum atomic E-state index is 0.559. The molecule has 0 amide bonds. The summed E-state index contributed by atoms with van der Waals surface area (Å²) in [6, 6.07) is 82.9. The number of para-hydroxylation sites is 6. The number of pyridine rings is 1. The van der Waals surface area contributed by atoms with Crippen LogP contribution < -0.4 is 0 Å². The number of hydrogen-bond acceptors (Lipinski definition) is 5. The Bertz CT molecular complexity index is 5250. The van der Waals surface area contributed by atoms with Crippen molar-refractivity contribution < 1.29 is 0 Å². The molecular formula is C68H40N8S. The first-order valence-corrected chi connectivity index (χ1v) is 26.7. The summed E-state index contributed by atoms with van der Waals surface area (Å²) in [5, 5.41) is 11.9. The van der Waals surface area contributed by atoms with Crippen LogP contribution in [0.25, 0.3) is 153 Å². The SMILES string of the molecule is c1ccc(-n2c3ccccc3c3ccc4c5ccccc5n(-c5ncnc(-c6cccc(-c7ccc8c(c7)c7ccccc7n8-c7nccc8c7sc7ccc(-n9c%10ccccc%10c%10ccccc%109)cc78)c6)n5)c4c32)cc1. The molecular weight excluding hydrogens is 961 g/mol. The van der Waals surface area contributed by atoms with Crippen molar-refractivity contribution in [3.63, 3.8) is 0 Å². The van der Waals surface area contributed by atoms with E-state index in [-0.39, 0.29) is 0 Å². The molecule has 17 aromatic rings. The lowest BCUT2D eigenvalue weighted by Gasteiger charge is -2.12. The van der Waals surface area contributed by atoms with E-state index in [9.17, 15) is 0 Å². The highest BCUT2D eigenvalue weighted by Gasteiger charge is 2.24. The van der Waals surface area contributed by atoms with Crippen molar-refractivity contribution in [2.75, 3.05) is 0 Å². The number of hydrogen-bond donors (Lipinski definition) is 0. The van der Waals surface area contributed by atoms with Crippen LogP contribution in [0.15, 0.2) is 243 Å². The number of rotatable bonds is 6. The summed E-state index contributed by atoms with van der Waals surface area (Å²) < 4.78 is 11.7. The second-order valence-electron chi connectivity index (χ2n) is 19.8. The number of aromatic nitrogens is 8. The van der Waals surface area contributed by atoms with Gasteiger partial charge in [0.2, 0.25) is 5.95 Å². The Labute approximate surface area is 443 Å². The van der Waals surface area contributed by atoms with Gasteiger partial charge in [0.1, 0.15) is 6.33 Å². The predicted molar refractivity (Wildman–Crippen MR) is 319 cm³/mol. The van der Waals surface area contributed by atoms with Crippen LogP contribution in [0, 0.1) is 0 Å². The van der Waals surface area contributed by atoms with E-state index in [4.69, 9.17) is 19.9 Å². The van der Waals surface area contributed by atoms with E-state index < -0.39 is 0 Å². The van der Waals surface area contributed by atoms with Crippen LogP contribution in [0.5, 0.6) is 0 Å². The largest absolute Gasteiger partial charge is 0.309 e. The molecule has 0 N–H and O–H groups in total. The van der Waals surface area contributed by atoms with Gasteiger partial charge in [0.15, 0.2) is 11.6 Å². The first kappa shape index (κ1) is 42.2. The fraction of sp³-hybridized carbons (Fsp3) is 0. The molecule has 0 saturated heterocycles. The second-order valence-corrected chi connectivity index (χ2v) is 20.9. The maximum Gasteiger partial charge on any atom is 0.238 e. The normalized spacial score (nSPS) is 12.2. The highest BCUT2D eigenvalue weighted by atomic mass is 32.1. The van der Waals surface area contributed by atoms with Gasteiger partial charge in [-0.05, 0) is 96.1 Å². The summed E-state index contributed by atoms with van der Waals surface area (Å²) >= 11 is 1.81. The molecule has 0 aliphatic rings. The minimum Gasteiger partial charge on any atom is -0.309 e. The first-order valence-electron chi connectivity index (χ1n) is 25.9. The molecule has 10 aromatic carbocycles. The molecule has 0 bridgehead atoms. The molecule has 7 heterocycles. The van der Waals surface area contributed by atoms with Crippen LogP contribution in [-0.4, -0.2) is 38.2 Å². The Morgan fingerprint density at radius 1 is 0.312 bits per heavy atom. The Balaban J connectivity index is 0.787. The van der Waals surface area contributed by atoms with Crippen LogP contribution >= 0.6 is 11.3 Å². The molecule has 0 radical (unpaired) electrons. The average molecular weight is 1000 g/mol. The molecule has 0 aliphatic heterocycles. The van der Waals surface area contributed by atoms with E-state index in [1.807, 2.05) is 6.20 Å². The van der Waals surface area contributed by atoms with E-state index in [1.165, 1.54) is 53.4 Å². The molecule has 0 unspecified atom stereocenters. The minimum absolute atomic E-state index is 0.559. The lowest BCUT2D eigenvalue weighted by Crippen LogP contribution is -2.04. The smallest absolute Gasteiger partial charge is 0.238 e. The van der Waals surface area contributed by atoms with Crippen LogP contribution in [-0.2, 0) is 0 Å². The van der Waals surface area contributed by atoms with Crippen molar-refractivity contribution in [3.05, 3.63) is 243 Å². The Hall–Kier alpha value is -10.2. The van der Waals surface area contributed by atoms with Crippen molar-refractivity contribution in [1.82, 2.24) is 38.2 Å². The quantitative estimate of drug-likeness (QED) is 0.166. The van der Waals surface area contributed by atoms with Gasteiger partial charge < -0.3 is 9.13 Å². The molecule has 17 rings (SSSR count). The number of nitrogens with zero attached hydrogens (tertiary/aromatic N) is 8. The highest BCUT2D eigenvalue weighted by molar-refractivity contribution is 7.26. The molecule has 0 saturated carbocycles. The zero-order valence-electron chi connectivity index (χ0n) is 41.1. The average Bonchev–Trinajstić information content (AvgIpc) is 4.48. The Morgan fingerprint density at radius 2 is 0.870 bits per heavy atom. The molecule has 9 heteroatoms. The van der Waals surface area contributed by atoms with Crippen molar-refractivity contribution in [2.24, 2.45) is 0 Å². The third-order valence-electron chi connectivity index (χ3n) is 15.8. The van der Waals surface area contributed by atoms with Gasteiger partial charge in [0.05, 0.1) is 48.8 Å². The fourth-order valence-corrected chi connectivity index (χ4v) is 13.6. The van der Waals surface area contributed by atoms with Crippen molar-refractivity contribution >= 4 is 119 Å². The van der Waals surface area contributed by atoms with Gasteiger partial charge in [-0.2, -0.15) is 4.98 Å². The Morgan fingerprint density at radius 3 is 1.57 bits per heavy atom. The lowest BCUT2D eigenvalue weighted by atomic mass is 10.0. The first-order chi connectivity index (χ1) is 38.2. The lowest BCUT2D eigenvalue weighted by molar-refractivity contribution is 0.947. The topological polar surface area (TPSA) is 71.3 Å². The zero-order valence-corrected chi connectivity index (χ0v) is 41.9. The highest BCUT2D eigenvalue weighted by Crippen LogP contribution is 2.44. The molecule has 0 fully saturated rings. The fourth-order valence-electron chi connectivity index (χ4n) is 12.5. The molecule has 0 atom stereocenters. The predicted octanol–water partition coefficient (Wildman–Crippen LogP) is 17.4. The van der Waals surface area contributed by atoms with Crippen molar-refractivity contribution in [2.45, 2.75) is 0 Å². The molecule has 358 valence electrons. The van der Waals surface area contributed by atoms with E-state index in [0.29, 0.717) is 11.8 Å². The van der Waals surface area contributed by atoms with Crippen LogP contribution in [0.3, 0.4) is 0 Å². The second kappa shape index (κ2) is 16.1. The third kappa shape index (κ3) is 6.08. The maximum atomic E-state index is 5.31. The van der Waals surface area contributed by atoms with Crippen LogP contribution in [0.2, 0.25) is 0 Å². The van der Waals surface area contributed by atoms with E-state index in [2.05, 4.69) is 249 Å². The molecule has 77 heavy (non-hydrogen) atoms. The number of fused-ring (bicyclic) bond motifs is 16. The van der Waals surface area contributed by atoms with Gasteiger partial charge in [-0.3, -0.25) is 9.13 Å². The van der Waals surface area contributed by atoms with E-state index in [0.717, 1.165) is 87.8 Å². The van der Waals surface area contributed by atoms with E-state index >= 15 is 0 Å². The van der Waals surface area contributed by atoms with Gasteiger partial charge in [-0.15, -0.1) is 11.3 Å². The molecule has 0 aliphatic carbocycles. The number of benzene rings is 10. The molecule has 7 aromatic heterocycles. The summed E-state index contributed by atoms with van der Waals surface area (Å²) in [6.45, 7) is 0. The summed E-state index contributed by atoms with van der Waals surface area (Å²) in [5.74, 6) is 2.09. The summed E-state index contributed by atoms with van der Waals surface area (Å²) in [4.78, 5) is 20.3. The van der Waals surface area contributed by atoms with Gasteiger partial charge in [0.25, 0.3) is 0 Å². The van der Waals surface area contributed by atoms with Gasteiger partial charge in [-0.1, -0.05) is 146 Å². The van der Waals surface area contributed by atoms with Gasteiger partial charge >= 0.3 is 0 Å². The van der Waals surface area contributed by atoms with Crippen molar-refractivity contribution in [1.29, 1.82) is 0 Å². The number of thiophene rings is 1.